The van der Waals surface area contributed by atoms with Crippen LogP contribution in [-0.4, -0.2) is 35.5 Å². The lowest BCUT2D eigenvalue weighted by molar-refractivity contribution is 0.0310. The van der Waals surface area contributed by atoms with E-state index in [0.29, 0.717) is 18.9 Å². The fourth-order valence-corrected chi connectivity index (χ4v) is 2.60. The number of carbonyl (C=O) groups excluding carboxylic acids is 1. The molecule has 5 heteroatoms. The second-order valence-electron chi connectivity index (χ2n) is 7.38. The van der Waals surface area contributed by atoms with Crippen molar-refractivity contribution in [3.8, 4) is 0 Å². The van der Waals surface area contributed by atoms with E-state index >= 15 is 0 Å². The Labute approximate surface area is 146 Å². The molecule has 0 fully saturated rings. The van der Waals surface area contributed by atoms with Crippen molar-refractivity contribution < 1.29 is 9.53 Å². The topological polar surface area (TPSA) is 41.9 Å². The molecule has 0 saturated carbocycles. The molecule has 4 nitrogen and oxygen atoms in total. The number of benzene rings is 1. The van der Waals surface area contributed by atoms with Crippen molar-refractivity contribution in [3.05, 3.63) is 33.4 Å². The number of hydrogen-bond donors (Lipinski definition) is 0. The minimum atomic E-state index is -0.518. The van der Waals surface area contributed by atoms with Crippen LogP contribution in [0.2, 0.25) is 0 Å². The number of rotatable bonds is 1. The van der Waals surface area contributed by atoms with Crippen LogP contribution in [0.5, 0.6) is 0 Å². The van der Waals surface area contributed by atoms with E-state index in [1.54, 1.807) is 4.90 Å². The summed E-state index contributed by atoms with van der Waals surface area (Å²) in [5.41, 5.74) is 0.376. The van der Waals surface area contributed by atoms with E-state index in [1.807, 2.05) is 45.0 Å². The summed E-state index contributed by atoms with van der Waals surface area (Å²) in [6.45, 7) is 11.2. The Morgan fingerprint density at radius 3 is 2.41 bits per heavy atom. The summed E-state index contributed by atoms with van der Waals surface area (Å²) in [6, 6.07) is 8.03. The molecule has 0 radical (unpaired) electrons. The quantitative estimate of drug-likeness (QED) is 0.643. The molecule has 0 spiro atoms. The third-order valence-corrected chi connectivity index (χ3v) is 3.93. The van der Waals surface area contributed by atoms with Crippen LogP contribution in [-0.2, 0) is 4.74 Å². The molecule has 1 heterocycles. The molecule has 1 aromatic carbocycles. The van der Waals surface area contributed by atoms with Crippen molar-refractivity contribution in [2.45, 2.75) is 40.2 Å². The molecular formula is C17H23IN2O2. The van der Waals surface area contributed by atoms with Crippen molar-refractivity contribution in [2.75, 3.05) is 13.1 Å². The zero-order valence-electron chi connectivity index (χ0n) is 13.8. The largest absolute Gasteiger partial charge is 0.443 e. The SMILES string of the molecule is CC1(C)CN=C(c2ccc(I)cc2)N(C(=O)OC(C)(C)C)C1. The summed E-state index contributed by atoms with van der Waals surface area (Å²) < 4.78 is 6.71. The van der Waals surface area contributed by atoms with Crippen molar-refractivity contribution in [3.63, 3.8) is 0 Å². The number of halogens is 1. The molecule has 0 atom stereocenters. The van der Waals surface area contributed by atoms with Gasteiger partial charge >= 0.3 is 6.09 Å². The van der Waals surface area contributed by atoms with Gasteiger partial charge in [0.2, 0.25) is 0 Å². The summed E-state index contributed by atoms with van der Waals surface area (Å²) in [6.07, 6.45) is -0.336. The average Bonchev–Trinajstić information content (AvgIpc) is 2.37. The lowest BCUT2D eigenvalue weighted by Gasteiger charge is -2.37. The molecule has 0 saturated heterocycles. The van der Waals surface area contributed by atoms with Crippen LogP contribution in [0.1, 0.15) is 40.2 Å². The monoisotopic (exact) mass is 414 g/mol. The molecule has 0 N–H and O–H groups in total. The first-order valence-electron chi connectivity index (χ1n) is 7.38. The number of aliphatic imine (C=N–C) groups is 1. The Morgan fingerprint density at radius 1 is 1.27 bits per heavy atom. The van der Waals surface area contributed by atoms with E-state index in [2.05, 4.69) is 41.4 Å². The van der Waals surface area contributed by atoms with E-state index in [0.717, 1.165) is 9.13 Å². The highest BCUT2D eigenvalue weighted by Crippen LogP contribution is 2.26. The number of ether oxygens (including phenoxy) is 1. The second kappa shape index (κ2) is 6.18. The molecule has 2 rings (SSSR count). The maximum Gasteiger partial charge on any atom is 0.416 e. The van der Waals surface area contributed by atoms with Crippen molar-refractivity contribution in [2.24, 2.45) is 10.4 Å². The highest BCUT2D eigenvalue weighted by atomic mass is 127. The highest BCUT2D eigenvalue weighted by molar-refractivity contribution is 14.1. The predicted octanol–water partition coefficient (Wildman–Crippen LogP) is 4.31. The molecule has 1 aromatic rings. The van der Waals surface area contributed by atoms with E-state index in [9.17, 15) is 4.79 Å². The van der Waals surface area contributed by atoms with Crippen LogP contribution in [0.25, 0.3) is 0 Å². The Kier molecular flexibility index (Phi) is 4.84. The van der Waals surface area contributed by atoms with Crippen molar-refractivity contribution in [1.29, 1.82) is 0 Å². The van der Waals surface area contributed by atoms with Gasteiger partial charge in [-0.3, -0.25) is 9.89 Å². The molecule has 0 bridgehead atoms. The summed E-state index contributed by atoms with van der Waals surface area (Å²) in [5, 5.41) is 0. The first kappa shape index (κ1) is 17.2. The van der Waals surface area contributed by atoms with Gasteiger partial charge in [0.1, 0.15) is 11.4 Å². The zero-order valence-corrected chi connectivity index (χ0v) is 16.0. The maximum absolute atomic E-state index is 12.6. The highest BCUT2D eigenvalue weighted by Gasteiger charge is 2.35. The van der Waals surface area contributed by atoms with Gasteiger partial charge in [0.05, 0.1) is 0 Å². The van der Waals surface area contributed by atoms with E-state index in [4.69, 9.17) is 4.74 Å². The molecule has 0 unspecified atom stereocenters. The Bertz CT molecular complexity index is 586. The number of amides is 1. The second-order valence-corrected chi connectivity index (χ2v) is 8.62. The van der Waals surface area contributed by atoms with Gasteiger partial charge in [-0.15, -0.1) is 0 Å². The molecule has 0 aromatic heterocycles. The van der Waals surface area contributed by atoms with Gasteiger partial charge in [-0.2, -0.15) is 0 Å². The molecule has 0 aliphatic carbocycles. The summed E-state index contributed by atoms with van der Waals surface area (Å²) in [5.74, 6) is 0.699. The predicted molar refractivity (Wildman–Crippen MR) is 97.3 cm³/mol. The van der Waals surface area contributed by atoms with Gasteiger partial charge in [-0.1, -0.05) is 26.0 Å². The molecule has 1 aliphatic rings. The third kappa shape index (κ3) is 4.44. The maximum atomic E-state index is 12.6. The van der Waals surface area contributed by atoms with Gasteiger partial charge in [0.15, 0.2) is 0 Å². The van der Waals surface area contributed by atoms with Crippen LogP contribution in [0.3, 0.4) is 0 Å². The van der Waals surface area contributed by atoms with E-state index in [1.165, 1.54) is 0 Å². The molecule has 1 amide bonds. The summed E-state index contributed by atoms with van der Waals surface area (Å²) in [4.78, 5) is 18.9. The fourth-order valence-electron chi connectivity index (χ4n) is 2.24. The lowest BCUT2D eigenvalue weighted by Crippen LogP contribution is -2.49. The third-order valence-electron chi connectivity index (χ3n) is 3.21. The van der Waals surface area contributed by atoms with Crippen molar-refractivity contribution >= 4 is 34.5 Å². The summed E-state index contributed by atoms with van der Waals surface area (Å²) in [7, 11) is 0. The Hall–Kier alpha value is -1.11. The molecule has 22 heavy (non-hydrogen) atoms. The average molecular weight is 414 g/mol. The van der Waals surface area contributed by atoms with Crippen molar-refractivity contribution in [1.82, 2.24) is 4.90 Å². The normalized spacial score (nSPS) is 17.9. The van der Waals surface area contributed by atoms with Crippen LogP contribution in [0.15, 0.2) is 29.3 Å². The Morgan fingerprint density at radius 2 is 1.86 bits per heavy atom. The summed E-state index contributed by atoms with van der Waals surface area (Å²) >= 11 is 2.26. The van der Waals surface area contributed by atoms with Gasteiger partial charge in [-0.25, -0.2) is 4.79 Å². The zero-order chi connectivity index (χ0) is 16.5. The minimum absolute atomic E-state index is 0.0520. The molecular weight excluding hydrogens is 391 g/mol. The standard InChI is InChI=1S/C17H23IN2O2/c1-16(2,3)22-15(21)20-11-17(4,5)10-19-14(20)12-6-8-13(18)9-7-12/h6-9H,10-11H2,1-5H3. The van der Waals surface area contributed by atoms with Crippen LogP contribution in [0, 0.1) is 8.99 Å². The van der Waals surface area contributed by atoms with Gasteiger partial charge < -0.3 is 4.74 Å². The van der Waals surface area contributed by atoms with Gasteiger partial charge in [-0.05, 0) is 55.5 Å². The van der Waals surface area contributed by atoms with Crippen LogP contribution in [0.4, 0.5) is 4.79 Å². The minimum Gasteiger partial charge on any atom is -0.443 e. The number of carbonyl (C=O) groups is 1. The van der Waals surface area contributed by atoms with Gasteiger partial charge in [0, 0.05) is 27.6 Å². The number of amidine groups is 1. The van der Waals surface area contributed by atoms with E-state index < -0.39 is 5.60 Å². The molecule has 120 valence electrons. The lowest BCUT2D eigenvalue weighted by atomic mass is 9.91. The Balaban J connectivity index is 2.34. The van der Waals surface area contributed by atoms with Crippen LogP contribution >= 0.6 is 22.6 Å². The first-order chi connectivity index (χ1) is 10.1. The number of hydrogen-bond acceptors (Lipinski definition) is 3. The smallest absolute Gasteiger partial charge is 0.416 e. The fraction of sp³-hybridized carbons (Fsp3) is 0.529. The molecule has 1 aliphatic heterocycles. The van der Waals surface area contributed by atoms with E-state index in [-0.39, 0.29) is 11.5 Å². The first-order valence-corrected chi connectivity index (χ1v) is 8.46. The van der Waals surface area contributed by atoms with Crippen LogP contribution < -0.4 is 0 Å². The number of nitrogens with zero attached hydrogens (tertiary/aromatic N) is 2. The van der Waals surface area contributed by atoms with Gasteiger partial charge in [0.25, 0.3) is 0 Å².